The molecule has 0 aliphatic carbocycles. The van der Waals surface area contributed by atoms with Crippen molar-refractivity contribution < 1.29 is 28.6 Å². The molecule has 0 spiro atoms. The zero-order valence-corrected chi connectivity index (χ0v) is 32.5. The molecule has 0 unspecified atom stereocenters. The Bertz CT molecular complexity index is 2470. The van der Waals surface area contributed by atoms with E-state index in [-0.39, 0.29) is 25.5 Å². The zero-order valence-electron chi connectivity index (χ0n) is 32.1. The summed E-state index contributed by atoms with van der Waals surface area (Å²) in [6.07, 6.45) is 1.92. The van der Waals surface area contributed by atoms with Gasteiger partial charge in [-0.15, -0.1) is 53.6 Å². The maximum atomic E-state index is 7.35. The van der Waals surface area contributed by atoms with E-state index in [0.717, 1.165) is 61.3 Å². The van der Waals surface area contributed by atoms with Crippen LogP contribution in [0.1, 0.15) is 36.0 Å². The van der Waals surface area contributed by atoms with Gasteiger partial charge in [-0.05, 0) is 46.1 Å². The normalized spacial score (nSPS) is 12.9. The molecule has 0 aliphatic heterocycles. The van der Waals surface area contributed by atoms with Gasteiger partial charge in [0.2, 0.25) is 0 Å². The van der Waals surface area contributed by atoms with Crippen molar-refractivity contribution in [3.05, 3.63) is 145 Å². The number of aromatic nitrogens is 3. The average Bonchev–Trinajstić information content (AvgIpc) is 3.70. The van der Waals surface area contributed by atoms with Crippen molar-refractivity contribution in [2.24, 2.45) is 0 Å². The van der Waals surface area contributed by atoms with Gasteiger partial charge in [0.15, 0.2) is 0 Å². The summed E-state index contributed by atoms with van der Waals surface area (Å²) in [5.74, 6) is 0.840. The number of hydrogen-bond acceptors (Lipinski definition) is 3. The first-order valence-corrected chi connectivity index (χ1v) is 20.1. The first-order chi connectivity index (χ1) is 24.7. The van der Waals surface area contributed by atoms with E-state index in [2.05, 4.69) is 123 Å². The molecule has 0 fully saturated rings. The van der Waals surface area contributed by atoms with Gasteiger partial charge in [-0.3, -0.25) is 4.98 Å². The van der Waals surface area contributed by atoms with Gasteiger partial charge < -0.3 is 14.0 Å². The van der Waals surface area contributed by atoms with Gasteiger partial charge >= 0.3 is 0 Å². The minimum absolute atomic E-state index is 0. The van der Waals surface area contributed by atoms with E-state index in [1.54, 1.807) is 12.1 Å². The molecular weight excluding hydrogens is 807 g/mol. The molecule has 50 heavy (non-hydrogen) atoms. The number of nitrogens with zero attached hydrogens (tertiary/aromatic N) is 3. The quantitative estimate of drug-likeness (QED) is 0.131. The zero-order chi connectivity index (χ0) is 36.8. The second-order valence-corrected chi connectivity index (χ2v) is 19.5. The second kappa shape index (κ2) is 14.0. The van der Waals surface area contributed by atoms with Crippen LogP contribution in [-0.2, 0) is 25.5 Å². The fourth-order valence-corrected chi connectivity index (χ4v) is 7.21. The first kappa shape index (κ1) is 31.4. The Kier molecular flexibility index (Phi) is 8.75. The molecule has 5 aromatic carbocycles. The number of hydrogen-bond donors (Lipinski definition) is 0. The Morgan fingerprint density at radius 3 is 2.28 bits per heavy atom. The van der Waals surface area contributed by atoms with Crippen LogP contribution < -0.4 is 5.19 Å². The molecule has 3 aromatic heterocycles. The van der Waals surface area contributed by atoms with Crippen LogP contribution in [0.2, 0.25) is 19.6 Å². The number of benzene rings is 5. The van der Waals surface area contributed by atoms with Crippen LogP contribution in [0.5, 0.6) is 0 Å². The van der Waals surface area contributed by atoms with Crippen LogP contribution in [0.3, 0.4) is 0 Å². The molecule has 8 rings (SSSR count). The van der Waals surface area contributed by atoms with Crippen molar-refractivity contribution in [3.63, 3.8) is 0 Å². The minimum atomic E-state index is -2.08. The maximum Gasteiger partial charge on any atom is 0.120 e. The SMILES string of the molecule is CC(C)(C)c1ccccc1-n1c(-c2[c-]ccc3c2oc2ccccc23)nc2ccccc21.[2H]C([2H])([2H])c1c[c-]c(-c2ccc([Si](C)(C)C)cn2)cc1.[Ir]. The standard InChI is InChI=1S/C29H23N2O.C15H18NSi.Ir/c1-29(2,3)22-14-5-7-16-24(22)31-25-17-8-6-15-23(25)30-28(31)21-13-10-12-20-19-11-4-9-18-26(19)32-27(20)21;1-12-5-7-13(8-6-12)15-10-9-14(11-16-15)17(2,3)4;/h4-12,14-18H,1-3H3;5-7,9-11H,1-4H3;/q2*-1;/i;1D3;. The summed E-state index contributed by atoms with van der Waals surface area (Å²) in [5.41, 5.74) is 8.91. The van der Waals surface area contributed by atoms with Crippen molar-refractivity contribution in [1.29, 1.82) is 0 Å². The van der Waals surface area contributed by atoms with Crippen molar-refractivity contribution in [2.45, 2.75) is 52.7 Å². The Balaban J connectivity index is 0.000000199. The minimum Gasteiger partial charge on any atom is -0.501 e. The molecule has 0 aliphatic rings. The van der Waals surface area contributed by atoms with Crippen LogP contribution in [0.15, 0.2) is 126 Å². The molecule has 0 saturated carbocycles. The van der Waals surface area contributed by atoms with E-state index in [9.17, 15) is 0 Å². The van der Waals surface area contributed by atoms with Gasteiger partial charge in [0.1, 0.15) is 5.58 Å². The molecule has 6 heteroatoms. The largest absolute Gasteiger partial charge is 0.501 e. The number of furan rings is 1. The molecule has 0 saturated heterocycles. The van der Waals surface area contributed by atoms with Crippen LogP contribution in [0, 0.1) is 19.0 Å². The van der Waals surface area contributed by atoms with E-state index in [4.69, 9.17) is 13.5 Å². The van der Waals surface area contributed by atoms with E-state index in [0.29, 0.717) is 5.56 Å². The fraction of sp³-hybridized carbons (Fsp3) is 0.182. The van der Waals surface area contributed by atoms with Crippen LogP contribution in [0.25, 0.3) is 61.3 Å². The van der Waals surface area contributed by atoms with Crippen LogP contribution >= 0.6 is 0 Å². The van der Waals surface area contributed by atoms with E-state index in [1.807, 2.05) is 42.6 Å². The molecule has 0 atom stereocenters. The summed E-state index contributed by atoms with van der Waals surface area (Å²) >= 11 is 0. The molecule has 0 bridgehead atoms. The third kappa shape index (κ3) is 6.89. The van der Waals surface area contributed by atoms with Crippen LogP contribution in [0.4, 0.5) is 0 Å². The summed E-state index contributed by atoms with van der Waals surface area (Å²) in [6.45, 7) is 11.5. The molecule has 4 nitrogen and oxygen atoms in total. The number of fused-ring (bicyclic) bond motifs is 4. The summed E-state index contributed by atoms with van der Waals surface area (Å²) in [6, 6.07) is 44.5. The first-order valence-electron chi connectivity index (χ1n) is 18.1. The predicted molar refractivity (Wildman–Crippen MR) is 208 cm³/mol. The second-order valence-electron chi connectivity index (χ2n) is 14.4. The predicted octanol–water partition coefficient (Wildman–Crippen LogP) is 11.1. The third-order valence-corrected chi connectivity index (χ3v) is 10.8. The number of aryl methyl sites for hydroxylation is 1. The number of para-hydroxylation sites is 4. The molecule has 0 N–H and O–H groups in total. The van der Waals surface area contributed by atoms with Gasteiger partial charge in [-0.25, -0.2) is 0 Å². The summed E-state index contributed by atoms with van der Waals surface area (Å²) in [5, 5.41) is 3.49. The molecule has 3 heterocycles. The summed E-state index contributed by atoms with van der Waals surface area (Å²) in [4.78, 5) is 9.54. The van der Waals surface area contributed by atoms with Crippen molar-refractivity contribution >= 4 is 46.2 Å². The molecule has 8 aromatic rings. The average molecular weight is 851 g/mol. The van der Waals surface area contributed by atoms with Crippen molar-refractivity contribution in [3.8, 4) is 28.3 Å². The Hall–Kier alpha value is -4.61. The van der Waals surface area contributed by atoms with Crippen LogP contribution in [-0.4, -0.2) is 22.6 Å². The summed E-state index contributed by atoms with van der Waals surface area (Å²) < 4.78 is 30.6. The van der Waals surface area contributed by atoms with E-state index < -0.39 is 14.9 Å². The van der Waals surface area contributed by atoms with Gasteiger partial charge in [0.05, 0.1) is 30.5 Å². The number of imidazole rings is 1. The van der Waals surface area contributed by atoms with Crippen molar-refractivity contribution in [2.75, 3.05) is 0 Å². The molecular formula is C44H41IrN3OSi-2. The van der Waals surface area contributed by atoms with Crippen molar-refractivity contribution in [1.82, 2.24) is 14.5 Å². The van der Waals surface area contributed by atoms with Gasteiger partial charge in [0, 0.05) is 41.5 Å². The monoisotopic (exact) mass is 851 g/mol. The Morgan fingerprint density at radius 1 is 0.800 bits per heavy atom. The van der Waals surface area contributed by atoms with Gasteiger partial charge in [0.25, 0.3) is 0 Å². The Labute approximate surface area is 313 Å². The third-order valence-electron chi connectivity index (χ3n) is 8.79. The smallest absolute Gasteiger partial charge is 0.120 e. The number of rotatable bonds is 4. The van der Waals surface area contributed by atoms with Gasteiger partial charge in [-0.2, -0.15) is 0 Å². The van der Waals surface area contributed by atoms with Gasteiger partial charge in [-0.1, -0.05) is 119 Å². The molecule has 0 amide bonds. The maximum absolute atomic E-state index is 7.35. The topological polar surface area (TPSA) is 43.9 Å². The summed E-state index contributed by atoms with van der Waals surface area (Å²) in [7, 11) is -1.34. The van der Waals surface area contributed by atoms with E-state index >= 15 is 0 Å². The molecule has 253 valence electrons. The Morgan fingerprint density at radius 2 is 1.56 bits per heavy atom. The molecule has 1 radical (unpaired) electrons. The van der Waals surface area contributed by atoms with E-state index in [1.165, 1.54) is 16.8 Å². The fourth-order valence-electron chi connectivity index (χ4n) is 6.18. The number of pyridine rings is 1.